The average Bonchev–Trinajstić information content (AvgIpc) is 2.31. The number of nitrogens with two attached hydrogens (primary N) is 1. The molecule has 0 aliphatic heterocycles. The second kappa shape index (κ2) is 7.54. The lowest BCUT2D eigenvalue weighted by atomic mass is 10.1. The van der Waals surface area contributed by atoms with Crippen LogP contribution in [0.2, 0.25) is 0 Å². The molecule has 18 heavy (non-hydrogen) atoms. The molecule has 1 aromatic rings. The van der Waals surface area contributed by atoms with Gasteiger partial charge in [0, 0.05) is 30.5 Å². The van der Waals surface area contributed by atoms with Crippen LogP contribution in [0.3, 0.4) is 0 Å². The van der Waals surface area contributed by atoms with Gasteiger partial charge >= 0.3 is 0 Å². The van der Waals surface area contributed by atoms with E-state index in [1.807, 2.05) is 38.2 Å². The van der Waals surface area contributed by atoms with Crippen molar-refractivity contribution in [3.05, 3.63) is 34.3 Å². The minimum Gasteiger partial charge on any atom is -0.341 e. The number of hydrogen-bond acceptors (Lipinski definition) is 2. The topological polar surface area (TPSA) is 46.3 Å². The highest BCUT2D eigenvalue weighted by Crippen LogP contribution is 2.12. The summed E-state index contributed by atoms with van der Waals surface area (Å²) in [4.78, 5) is 13.6. The molecule has 0 saturated heterocycles. The van der Waals surface area contributed by atoms with Crippen molar-refractivity contribution in [2.75, 3.05) is 7.05 Å². The lowest BCUT2D eigenvalue weighted by molar-refractivity contribution is -0.130. The summed E-state index contributed by atoms with van der Waals surface area (Å²) in [6, 6.07) is 8.20. The van der Waals surface area contributed by atoms with Crippen molar-refractivity contribution in [2.45, 2.75) is 38.8 Å². The van der Waals surface area contributed by atoms with Gasteiger partial charge in [-0.3, -0.25) is 4.79 Å². The van der Waals surface area contributed by atoms with Crippen LogP contribution < -0.4 is 5.73 Å². The minimum absolute atomic E-state index is 0.176. The zero-order valence-electron chi connectivity index (χ0n) is 11.0. The quantitative estimate of drug-likeness (QED) is 0.878. The smallest absolute Gasteiger partial charge is 0.222 e. The Labute approximate surface area is 117 Å². The molecule has 0 fully saturated rings. The SMILES string of the molecule is CC(N)CCCC(=O)N(C)Cc1ccc(Br)cc1. The highest BCUT2D eigenvalue weighted by molar-refractivity contribution is 9.10. The lowest BCUT2D eigenvalue weighted by Crippen LogP contribution is -2.26. The number of hydrogen-bond donors (Lipinski definition) is 1. The van der Waals surface area contributed by atoms with E-state index in [1.165, 1.54) is 0 Å². The van der Waals surface area contributed by atoms with Gasteiger partial charge in [0.2, 0.25) is 5.91 Å². The van der Waals surface area contributed by atoms with Crippen molar-refractivity contribution >= 4 is 21.8 Å². The van der Waals surface area contributed by atoms with E-state index in [2.05, 4.69) is 15.9 Å². The van der Waals surface area contributed by atoms with E-state index in [0.29, 0.717) is 13.0 Å². The summed E-state index contributed by atoms with van der Waals surface area (Å²) in [6.45, 7) is 2.63. The summed E-state index contributed by atoms with van der Waals surface area (Å²) in [5, 5.41) is 0. The summed E-state index contributed by atoms with van der Waals surface area (Å²) in [5.41, 5.74) is 6.80. The van der Waals surface area contributed by atoms with Crippen LogP contribution in [0.25, 0.3) is 0 Å². The van der Waals surface area contributed by atoms with Crippen molar-refractivity contribution in [3.63, 3.8) is 0 Å². The predicted octanol–water partition coefficient (Wildman–Crippen LogP) is 2.93. The molecule has 100 valence electrons. The molecule has 4 heteroatoms. The molecule has 1 unspecified atom stereocenters. The standard InChI is InChI=1S/C14H21BrN2O/c1-11(16)4-3-5-14(18)17(2)10-12-6-8-13(15)9-7-12/h6-9,11H,3-5,10,16H2,1-2H3. The Balaban J connectivity index is 2.37. The van der Waals surface area contributed by atoms with E-state index in [-0.39, 0.29) is 11.9 Å². The third kappa shape index (κ3) is 5.65. The first-order valence-electron chi connectivity index (χ1n) is 6.23. The molecule has 0 spiro atoms. The minimum atomic E-state index is 0.176. The molecule has 0 radical (unpaired) electrons. The zero-order valence-corrected chi connectivity index (χ0v) is 12.6. The summed E-state index contributed by atoms with van der Waals surface area (Å²) in [5.74, 6) is 0.179. The van der Waals surface area contributed by atoms with Crippen molar-refractivity contribution in [1.29, 1.82) is 0 Å². The molecular weight excluding hydrogens is 292 g/mol. The van der Waals surface area contributed by atoms with Crippen LogP contribution in [0.15, 0.2) is 28.7 Å². The second-order valence-electron chi connectivity index (χ2n) is 4.75. The van der Waals surface area contributed by atoms with E-state index in [0.717, 1.165) is 22.9 Å². The van der Waals surface area contributed by atoms with E-state index in [4.69, 9.17) is 5.73 Å². The highest BCUT2D eigenvalue weighted by atomic mass is 79.9. The van der Waals surface area contributed by atoms with Crippen molar-refractivity contribution in [2.24, 2.45) is 5.73 Å². The molecular formula is C14H21BrN2O. The molecule has 3 nitrogen and oxygen atoms in total. The van der Waals surface area contributed by atoms with Crippen molar-refractivity contribution < 1.29 is 4.79 Å². The Bertz CT molecular complexity index is 376. The molecule has 0 aliphatic carbocycles. The highest BCUT2D eigenvalue weighted by Gasteiger charge is 2.09. The van der Waals surface area contributed by atoms with Crippen LogP contribution >= 0.6 is 15.9 Å². The number of carbonyl (C=O) groups excluding carboxylic acids is 1. The fourth-order valence-electron chi connectivity index (χ4n) is 1.72. The Hall–Kier alpha value is -0.870. The van der Waals surface area contributed by atoms with Crippen LogP contribution in [0, 0.1) is 0 Å². The molecule has 1 amide bonds. The summed E-state index contributed by atoms with van der Waals surface area (Å²) >= 11 is 3.40. The molecule has 0 heterocycles. The monoisotopic (exact) mass is 312 g/mol. The third-order valence-corrected chi connectivity index (χ3v) is 3.34. The van der Waals surface area contributed by atoms with Crippen LogP contribution in [0.1, 0.15) is 31.7 Å². The summed E-state index contributed by atoms with van der Waals surface area (Å²) in [7, 11) is 1.84. The Morgan fingerprint density at radius 3 is 2.56 bits per heavy atom. The Kier molecular flexibility index (Phi) is 6.36. The predicted molar refractivity (Wildman–Crippen MR) is 78.1 cm³/mol. The molecule has 2 N–H and O–H groups in total. The van der Waals surface area contributed by atoms with Gasteiger partial charge in [-0.25, -0.2) is 0 Å². The van der Waals surface area contributed by atoms with Crippen LogP contribution in [-0.2, 0) is 11.3 Å². The van der Waals surface area contributed by atoms with E-state index >= 15 is 0 Å². The van der Waals surface area contributed by atoms with Gasteiger partial charge in [0.15, 0.2) is 0 Å². The first kappa shape index (κ1) is 15.2. The molecule has 0 saturated carbocycles. The van der Waals surface area contributed by atoms with Gasteiger partial charge in [0.1, 0.15) is 0 Å². The van der Waals surface area contributed by atoms with Gasteiger partial charge in [0.25, 0.3) is 0 Å². The molecule has 1 aromatic carbocycles. The zero-order chi connectivity index (χ0) is 13.5. The van der Waals surface area contributed by atoms with Crippen LogP contribution in [0.4, 0.5) is 0 Å². The molecule has 0 bridgehead atoms. The van der Waals surface area contributed by atoms with Crippen LogP contribution in [0.5, 0.6) is 0 Å². The fraction of sp³-hybridized carbons (Fsp3) is 0.500. The van der Waals surface area contributed by atoms with Gasteiger partial charge in [0.05, 0.1) is 0 Å². The van der Waals surface area contributed by atoms with Gasteiger partial charge < -0.3 is 10.6 Å². The lowest BCUT2D eigenvalue weighted by Gasteiger charge is -2.17. The molecule has 0 aromatic heterocycles. The van der Waals surface area contributed by atoms with Gasteiger partial charge in [-0.2, -0.15) is 0 Å². The number of benzene rings is 1. The first-order chi connectivity index (χ1) is 8.49. The third-order valence-electron chi connectivity index (χ3n) is 2.81. The van der Waals surface area contributed by atoms with Gasteiger partial charge in [-0.05, 0) is 37.5 Å². The van der Waals surface area contributed by atoms with E-state index in [1.54, 1.807) is 4.90 Å². The summed E-state index contributed by atoms with van der Waals surface area (Å²) < 4.78 is 1.05. The number of amides is 1. The van der Waals surface area contributed by atoms with Gasteiger partial charge in [-0.15, -0.1) is 0 Å². The second-order valence-corrected chi connectivity index (χ2v) is 5.66. The first-order valence-corrected chi connectivity index (χ1v) is 7.02. The van der Waals surface area contributed by atoms with Crippen LogP contribution in [-0.4, -0.2) is 23.9 Å². The largest absolute Gasteiger partial charge is 0.341 e. The van der Waals surface area contributed by atoms with Crippen molar-refractivity contribution in [1.82, 2.24) is 4.90 Å². The average molecular weight is 313 g/mol. The fourth-order valence-corrected chi connectivity index (χ4v) is 1.98. The van der Waals surface area contributed by atoms with Gasteiger partial charge in [-0.1, -0.05) is 28.1 Å². The summed E-state index contributed by atoms with van der Waals surface area (Å²) in [6.07, 6.45) is 2.34. The maximum Gasteiger partial charge on any atom is 0.222 e. The molecule has 1 rings (SSSR count). The number of nitrogens with zero attached hydrogens (tertiary/aromatic N) is 1. The number of carbonyl (C=O) groups is 1. The van der Waals surface area contributed by atoms with E-state index < -0.39 is 0 Å². The molecule has 1 atom stereocenters. The van der Waals surface area contributed by atoms with E-state index in [9.17, 15) is 4.79 Å². The Morgan fingerprint density at radius 2 is 2.00 bits per heavy atom. The maximum absolute atomic E-state index is 11.9. The number of rotatable bonds is 6. The maximum atomic E-state index is 11.9. The molecule has 0 aliphatic rings. The Morgan fingerprint density at radius 1 is 1.39 bits per heavy atom. The van der Waals surface area contributed by atoms with Crippen molar-refractivity contribution in [3.8, 4) is 0 Å². The normalized spacial score (nSPS) is 12.2. The number of halogens is 1.